The zero-order valence-corrected chi connectivity index (χ0v) is 33.3. The molecule has 0 radical (unpaired) electrons. The number of nitro benzene ring substituents is 2. The number of azo groups is 1. The Labute approximate surface area is 327 Å². The molecule has 2 aromatic heterocycles. The maximum Gasteiger partial charge on any atom is 0.297 e. The van der Waals surface area contributed by atoms with Crippen molar-refractivity contribution in [3.8, 4) is 5.75 Å². The second kappa shape index (κ2) is 15.4. The van der Waals surface area contributed by atoms with E-state index in [9.17, 15) is 34.9 Å². The molecule has 4 aromatic carbocycles. The zero-order chi connectivity index (χ0) is 42.2. The van der Waals surface area contributed by atoms with Crippen LogP contribution in [0.5, 0.6) is 5.75 Å². The number of nitrogens with zero attached hydrogens (tertiary/aromatic N) is 8. The summed E-state index contributed by atoms with van der Waals surface area (Å²) in [6.07, 6.45) is 3.56. The molecule has 296 valence electrons. The molecular weight excluding hydrogens is 731 g/mol. The minimum atomic E-state index is -0.624. The van der Waals surface area contributed by atoms with Gasteiger partial charge in [0, 0.05) is 37.2 Å². The van der Waals surface area contributed by atoms with Crippen LogP contribution in [0, 0.1) is 25.6 Å². The summed E-state index contributed by atoms with van der Waals surface area (Å²) in [7, 11) is 3.05. The number of nitrogens with two attached hydrogens (primary N) is 1. The second-order valence-electron chi connectivity index (χ2n) is 16.3. The lowest BCUT2D eigenvalue weighted by atomic mass is 9.70. The Morgan fingerprint density at radius 3 is 1.75 bits per heavy atom. The third kappa shape index (κ3) is 8.69. The monoisotopic (exact) mass is 775 g/mol. The molecule has 0 saturated carbocycles. The van der Waals surface area contributed by atoms with E-state index in [0.717, 1.165) is 23.6 Å². The van der Waals surface area contributed by atoms with Crippen molar-refractivity contribution >= 4 is 50.2 Å². The molecule has 16 heteroatoms. The third-order valence-electron chi connectivity index (χ3n) is 9.75. The molecule has 0 spiro atoms. The highest BCUT2D eigenvalue weighted by Crippen LogP contribution is 2.47. The molecule has 0 fully saturated rings. The van der Waals surface area contributed by atoms with E-state index in [1.807, 2.05) is 50.2 Å². The molecule has 0 saturated heterocycles. The van der Waals surface area contributed by atoms with E-state index in [1.54, 1.807) is 6.07 Å². The van der Waals surface area contributed by atoms with Gasteiger partial charge in [-0.3, -0.25) is 29.8 Å². The van der Waals surface area contributed by atoms with Crippen LogP contribution in [0.25, 0.3) is 21.8 Å². The summed E-state index contributed by atoms with van der Waals surface area (Å²) in [5, 5.41) is 43.0. The van der Waals surface area contributed by atoms with Gasteiger partial charge >= 0.3 is 0 Å². The number of aryl methyl sites for hydroxylation is 2. The van der Waals surface area contributed by atoms with E-state index in [4.69, 9.17) is 5.73 Å². The second-order valence-corrected chi connectivity index (χ2v) is 16.3. The fourth-order valence-electron chi connectivity index (χ4n) is 6.99. The van der Waals surface area contributed by atoms with Gasteiger partial charge in [0.15, 0.2) is 5.69 Å². The van der Waals surface area contributed by atoms with Gasteiger partial charge in [-0.05, 0) is 46.6 Å². The summed E-state index contributed by atoms with van der Waals surface area (Å²) in [5.74, 6) is -0.0478. The minimum absolute atomic E-state index is 0.00162. The highest BCUT2D eigenvalue weighted by molar-refractivity contribution is 5.86. The van der Waals surface area contributed by atoms with Crippen LogP contribution in [0.4, 0.5) is 28.4 Å². The van der Waals surface area contributed by atoms with Crippen molar-refractivity contribution in [3.05, 3.63) is 137 Å². The first-order valence-electron chi connectivity index (χ1n) is 17.9. The number of nitro groups is 2. The Bertz CT molecular complexity index is 2700. The Balaban J connectivity index is 0.000000322. The van der Waals surface area contributed by atoms with Crippen LogP contribution in [-0.2, 0) is 24.9 Å². The van der Waals surface area contributed by atoms with Gasteiger partial charge in [-0.2, -0.15) is 0 Å². The van der Waals surface area contributed by atoms with Gasteiger partial charge in [-0.15, -0.1) is 10.2 Å². The normalized spacial score (nSPS) is 12.2. The van der Waals surface area contributed by atoms with Crippen molar-refractivity contribution < 1.29 is 15.0 Å². The predicted octanol–water partition coefficient (Wildman–Crippen LogP) is 8.43. The first-order chi connectivity index (χ1) is 26.5. The smallest absolute Gasteiger partial charge is 0.297 e. The van der Waals surface area contributed by atoms with Crippen LogP contribution < -0.4 is 16.9 Å². The number of aromatic nitrogens is 4. The lowest BCUT2D eigenvalue weighted by Crippen LogP contribution is -2.26. The van der Waals surface area contributed by atoms with E-state index in [2.05, 4.69) is 54.8 Å². The molecule has 0 unspecified atom stereocenters. The predicted molar refractivity (Wildman–Crippen MR) is 220 cm³/mol. The molecule has 0 aliphatic carbocycles. The molecule has 2 heterocycles. The quantitative estimate of drug-likeness (QED) is 0.0649. The summed E-state index contributed by atoms with van der Waals surface area (Å²) in [6, 6.07) is 18.8. The molecule has 6 aromatic rings. The van der Waals surface area contributed by atoms with Gasteiger partial charge in [-0.25, -0.2) is 9.97 Å². The number of nitrogen functional groups attached to an aromatic ring is 1. The SMILES string of the molecule is Cn1cnc2cc(N)c([N+](=O)[O-])cc2c1=O.Cn1cnc2cc(N=Nc3cc(C(C)(C)CC(C)(C)C)cc(C(C)(C)c4ccccc4)c3O)c([N+](=O)[O-])cc2c1=O. The van der Waals surface area contributed by atoms with Gasteiger partial charge < -0.3 is 20.0 Å². The van der Waals surface area contributed by atoms with E-state index in [1.165, 1.54) is 54.1 Å². The van der Waals surface area contributed by atoms with Crippen LogP contribution >= 0.6 is 0 Å². The fourth-order valence-corrected chi connectivity index (χ4v) is 6.99. The molecule has 3 N–H and O–H groups in total. The highest BCUT2D eigenvalue weighted by atomic mass is 16.6. The average Bonchev–Trinajstić information content (AvgIpc) is 3.13. The molecule has 16 nitrogen and oxygen atoms in total. The molecule has 0 aliphatic rings. The number of hydrogen-bond donors (Lipinski definition) is 2. The van der Waals surface area contributed by atoms with Crippen LogP contribution in [0.15, 0.2) is 99.2 Å². The Morgan fingerprint density at radius 1 is 0.719 bits per heavy atom. The number of phenolic OH excluding ortho intramolecular Hbond substituents is 1. The van der Waals surface area contributed by atoms with Gasteiger partial charge in [0.2, 0.25) is 0 Å². The van der Waals surface area contributed by atoms with Crippen LogP contribution in [0.2, 0.25) is 0 Å². The number of aromatic hydroxyl groups is 1. The Hall–Kier alpha value is -6.84. The number of benzene rings is 4. The van der Waals surface area contributed by atoms with E-state index < -0.39 is 20.8 Å². The number of rotatable bonds is 8. The summed E-state index contributed by atoms with van der Waals surface area (Å²) >= 11 is 0. The van der Waals surface area contributed by atoms with Crippen LogP contribution in [0.1, 0.15) is 71.6 Å². The largest absolute Gasteiger partial charge is 0.505 e. The first kappa shape index (κ1) is 41.3. The highest BCUT2D eigenvalue weighted by Gasteiger charge is 2.33. The topological polar surface area (TPSA) is 227 Å². The molecule has 0 aliphatic heterocycles. The summed E-state index contributed by atoms with van der Waals surface area (Å²) < 4.78 is 2.51. The molecule has 57 heavy (non-hydrogen) atoms. The minimum Gasteiger partial charge on any atom is -0.505 e. The summed E-state index contributed by atoms with van der Waals surface area (Å²) in [5.41, 5.74) is 6.68. The van der Waals surface area contributed by atoms with Gasteiger partial charge in [0.05, 0.1) is 44.3 Å². The van der Waals surface area contributed by atoms with Crippen molar-refractivity contribution in [3.63, 3.8) is 0 Å². The van der Waals surface area contributed by atoms with Gasteiger partial charge in [-0.1, -0.05) is 84.9 Å². The summed E-state index contributed by atoms with van der Waals surface area (Å²) in [6.45, 7) is 15.0. The molecule has 0 bridgehead atoms. The third-order valence-corrected chi connectivity index (χ3v) is 9.75. The molecular formula is C41H45N9O7. The van der Waals surface area contributed by atoms with Crippen molar-refractivity contribution in [2.24, 2.45) is 29.7 Å². The molecule has 6 rings (SSSR count). The summed E-state index contributed by atoms with van der Waals surface area (Å²) in [4.78, 5) is 53.7. The standard InChI is InChI=1S/C32H37N5O4.C9H8N4O3/c1-30(2,3)18-31(4,5)21-14-23(32(6,7)20-12-10-9-11-13-20)28(38)26(15-21)35-34-25-17-24-22(16-27(25)37(40)41)29(39)36(8)19-33-24;1-12-4-11-7-3-6(10)8(13(15)16)2-5(7)9(12)14/h9-17,19,38H,18H2,1-8H3;2-4H,10H2,1H3. The molecule has 0 amide bonds. The Morgan fingerprint density at radius 2 is 1.23 bits per heavy atom. The lowest BCUT2D eigenvalue weighted by molar-refractivity contribution is -0.384. The van der Waals surface area contributed by atoms with Crippen molar-refractivity contribution in [1.29, 1.82) is 0 Å². The maximum absolute atomic E-state index is 12.5. The first-order valence-corrected chi connectivity index (χ1v) is 17.9. The number of hydrogen-bond acceptors (Lipinski definition) is 12. The van der Waals surface area contributed by atoms with E-state index in [-0.39, 0.29) is 66.9 Å². The number of fused-ring (bicyclic) bond motifs is 2. The zero-order valence-electron chi connectivity index (χ0n) is 33.3. The van der Waals surface area contributed by atoms with Crippen molar-refractivity contribution in [1.82, 2.24) is 19.1 Å². The van der Waals surface area contributed by atoms with Gasteiger partial charge in [0.25, 0.3) is 22.5 Å². The maximum atomic E-state index is 12.5. The fraction of sp³-hybridized carbons (Fsp3) is 0.317. The lowest BCUT2D eigenvalue weighted by Gasteiger charge is -2.35. The molecule has 0 atom stereocenters. The van der Waals surface area contributed by atoms with Crippen molar-refractivity contribution in [2.75, 3.05) is 5.73 Å². The number of phenols is 1. The average molecular weight is 776 g/mol. The Kier molecular flexibility index (Phi) is 11.1. The number of anilines is 1. The van der Waals surface area contributed by atoms with Gasteiger partial charge in [0.1, 0.15) is 17.1 Å². The van der Waals surface area contributed by atoms with E-state index in [0.29, 0.717) is 11.1 Å². The van der Waals surface area contributed by atoms with E-state index >= 15 is 0 Å². The van der Waals surface area contributed by atoms with Crippen LogP contribution in [-0.4, -0.2) is 34.1 Å². The van der Waals surface area contributed by atoms with Crippen LogP contribution in [0.3, 0.4) is 0 Å². The van der Waals surface area contributed by atoms with Crippen molar-refractivity contribution in [2.45, 2.75) is 65.7 Å².